The summed E-state index contributed by atoms with van der Waals surface area (Å²) in [5.74, 6) is 0.536. The number of aryl methyl sites for hydroxylation is 1. The lowest BCUT2D eigenvalue weighted by molar-refractivity contribution is 0.102. The van der Waals surface area contributed by atoms with E-state index in [2.05, 4.69) is 21.8 Å². The topological polar surface area (TPSA) is 61.1 Å². The van der Waals surface area contributed by atoms with E-state index in [-0.39, 0.29) is 5.91 Å². The smallest absolute Gasteiger partial charge is 0.257 e. The molecule has 2 heterocycles. The van der Waals surface area contributed by atoms with Crippen LogP contribution in [0.15, 0.2) is 49.1 Å². The van der Waals surface area contributed by atoms with Gasteiger partial charge < -0.3 is 19.2 Å². The number of nitrogens with zero attached hydrogens (tertiary/aromatic N) is 3. The van der Waals surface area contributed by atoms with E-state index in [0.717, 1.165) is 17.9 Å². The molecule has 0 unspecified atom stereocenters. The van der Waals surface area contributed by atoms with Crippen LogP contribution in [-0.2, 0) is 13.1 Å². The first-order valence-electron chi connectivity index (χ1n) is 8.75. The van der Waals surface area contributed by atoms with E-state index in [4.69, 9.17) is 4.74 Å². The summed E-state index contributed by atoms with van der Waals surface area (Å²) in [6, 6.07) is 9.41. The Morgan fingerprint density at radius 2 is 2.08 bits per heavy atom. The van der Waals surface area contributed by atoms with Crippen molar-refractivity contribution in [1.29, 1.82) is 0 Å². The number of hydrogen-bond donors (Lipinski definition) is 1. The molecule has 0 aliphatic heterocycles. The van der Waals surface area contributed by atoms with E-state index in [1.165, 1.54) is 0 Å². The van der Waals surface area contributed by atoms with Crippen molar-refractivity contribution in [1.82, 2.24) is 14.1 Å². The number of hydrogen-bond acceptors (Lipinski definition) is 3. The highest BCUT2D eigenvalue weighted by molar-refractivity contribution is 6.06. The quantitative estimate of drug-likeness (QED) is 0.706. The van der Waals surface area contributed by atoms with Gasteiger partial charge in [0.25, 0.3) is 5.91 Å². The van der Waals surface area contributed by atoms with Crippen molar-refractivity contribution in [3.63, 3.8) is 0 Å². The van der Waals surface area contributed by atoms with Gasteiger partial charge in [-0.2, -0.15) is 0 Å². The van der Waals surface area contributed by atoms with Crippen LogP contribution < -0.4 is 10.1 Å². The Morgan fingerprint density at radius 3 is 2.77 bits per heavy atom. The lowest BCUT2D eigenvalue weighted by Crippen LogP contribution is -2.15. The number of para-hydroxylation sites is 2. The minimum Gasteiger partial charge on any atom is -0.490 e. The van der Waals surface area contributed by atoms with E-state index in [9.17, 15) is 4.79 Å². The van der Waals surface area contributed by atoms with Gasteiger partial charge in [-0.1, -0.05) is 12.1 Å². The minimum absolute atomic E-state index is 0.122. The maximum Gasteiger partial charge on any atom is 0.257 e. The molecule has 26 heavy (non-hydrogen) atoms. The number of imidazole rings is 1. The fourth-order valence-corrected chi connectivity index (χ4v) is 3.08. The molecule has 0 aliphatic carbocycles. The zero-order valence-electron chi connectivity index (χ0n) is 15.4. The van der Waals surface area contributed by atoms with Crippen molar-refractivity contribution in [3.05, 3.63) is 66.0 Å². The number of ether oxygens (including phenoxy) is 1. The first-order chi connectivity index (χ1) is 12.6. The summed E-state index contributed by atoms with van der Waals surface area (Å²) in [6.07, 6.45) is 5.38. The number of benzene rings is 1. The summed E-state index contributed by atoms with van der Waals surface area (Å²) >= 11 is 0. The molecule has 2 aromatic heterocycles. The molecule has 6 nitrogen and oxygen atoms in total. The molecular weight excluding hydrogens is 328 g/mol. The molecule has 3 rings (SSSR count). The summed E-state index contributed by atoms with van der Waals surface area (Å²) in [5, 5.41) is 2.98. The van der Waals surface area contributed by atoms with Gasteiger partial charge in [0.15, 0.2) is 0 Å². The van der Waals surface area contributed by atoms with E-state index >= 15 is 0 Å². The minimum atomic E-state index is -0.122. The molecule has 0 spiro atoms. The zero-order chi connectivity index (χ0) is 18.5. The first-order valence-corrected chi connectivity index (χ1v) is 8.75. The number of amides is 1. The summed E-state index contributed by atoms with van der Waals surface area (Å²) in [4.78, 5) is 16.7. The lowest BCUT2D eigenvalue weighted by Gasteiger charge is -2.13. The van der Waals surface area contributed by atoms with Gasteiger partial charge in [-0.15, -0.1) is 0 Å². The molecule has 1 aromatic carbocycles. The van der Waals surface area contributed by atoms with Crippen LogP contribution in [0.2, 0.25) is 0 Å². The fourth-order valence-electron chi connectivity index (χ4n) is 3.08. The standard InChI is InChI=1S/C20H24N4O2/c1-4-24-15(2)13-17(16(24)3)20(25)22-18-7-5-6-8-19(18)26-12-11-23-10-9-21-14-23/h5-10,13-14H,4,11-12H2,1-3H3,(H,22,25). The Morgan fingerprint density at radius 1 is 1.27 bits per heavy atom. The van der Waals surface area contributed by atoms with Gasteiger partial charge in [-0.05, 0) is 39.0 Å². The SMILES string of the molecule is CCn1c(C)cc(C(=O)Nc2ccccc2OCCn2ccnc2)c1C. The van der Waals surface area contributed by atoms with Gasteiger partial charge in [0.2, 0.25) is 0 Å². The van der Waals surface area contributed by atoms with E-state index < -0.39 is 0 Å². The number of aromatic nitrogens is 3. The number of carbonyl (C=O) groups is 1. The zero-order valence-corrected chi connectivity index (χ0v) is 15.4. The van der Waals surface area contributed by atoms with Crippen molar-refractivity contribution >= 4 is 11.6 Å². The Labute approximate surface area is 153 Å². The van der Waals surface area contributed by atoms with Crippen molar-refractivity contribution < 1.29 is 9.53 Å². The molecule has 0 bridgehead atoms. The molecule has 1 amide bonds. The predicted molar refractivity (Wildman–Crippen MR) is 102 cm³/mol. The average molecular weight is 352 g/mol. The Bertz CT molecular complexity index is 881. The molecular formula is C20H24N4O2. The molecule has 136 valence electrons. The summed E-state index contributed by atoms with van der Waals surface area (Å²) in [5.41, 5.74) is 3.42. The number of nitrogens with one attached hydrogen (secondary N) is 1. The van der Waals surface area contributed by atoms with Crippen molar-refractivity contribution in [2.24, 2.45) is 0 Å². The second-order valence-electron chi connectivity index (χ2n) is 6.13. The second-order valence-corrected chi connectivity index (χ2v) is 6.13. The summed E-state index contributed by atoms with van der Waals surface area (Å²) in [7, 11) is 0. The third-order valence-electron chi connectivity index (χ3n) is 4.44. The maximum atomic E-state index is 12.7. The summed E-state index contributed by atoms with van der Waals surface area (Å²) in [6.45, 7) is 8.09. The molecule has 0 fully saturated rings. The molecule has 0 saturated carbocycles. The van der Waals surface area contributed by atoms with Gasteiger partial charge in [-0.25, -0.2) is 4.98 Å². The van der Waals surface area contributed by atoms with Crippen molar-refractivity contribution in [2.45, 2.75) is 33.9 Å². The van der Waals surface area contributed by atoms with Gasteiger partial charge >= 0.3 is 0 Å². The van der Waals surface area contributed by atoms with Crippen LogP contribution in [-0.4, -0.2) is 26.6 Å². The normalized spacial score (nSPS) is 10.7. The first kappa shape index (κ1) is 17.8. The molecule has 3 aromatic rings. The summed E-state index contributed by atoms with van der Waals surface area (Å²) < 4.78 is 9.93. The second kappa shape index (κ2) is 7.91. The highest BCUT2D eigenvalue weighted by Gasteiger charge is 2.16. The number of rotatable bonds is 7. The Kier molecular flexibility index (Phi) is 5.41. The van der Waals surface area contributed by atoms with Crippen LogP contribution in [0, 0.1) is 13.8 Å². The van der Waals surface area contributed by atoms with Crippen molar-refractivity contribution in [3.8, 4) is 5.75 Å². The third-order valence-corrected chi connectivity index (χ3v) is 4.44. The molecule has 0 radical (unpaired) electrons. The largest absolute Gasteiger partial charge is 0.490 e. The highest BCUT2D eigenvalue weighted by Crippen LogP contribution is 2.25. The van der Waals surface area contributed by atoms with Gasteiger partial charge in [0, 0.05) is 30.3 Å². The van der Waals surface area contributed by atoms with Gasteiger partial charge in [0.1, 0.15) is 12.4 Å². The molecule has 0 atom stereocenters. The molecule has 1 N–H and O–H groups in total. The van der Waals surface area contributed by atoms with E-state index in [1.54, 1.807) is 12.5 Å². The van der Waals surface area contributed by atoms with Gasteiger partial charge in [-0.3, -0.25) is 4.79 Å². The van der Waals surface area contributed by atoms with Crippen molar-refractivity contribution in [2.75, 3.05) is 11.9 Å². The monoisotopic (exact) mass is 352 g/mol. The van der Waals surface area contributed by atoms with Gasteiger partial charge in [0.05, 0.1) is 24.1 Å². The van der Waals surface area contributed by atoms with Crippen LogP contribution in [0.25, 0.3) is 0 Å². The van der Waals surface area contributed by atoms with Crippen LogP contribution in [0.5, 0.6) is 5.75 Å². The highest BCUT2D eigenvalue weighted by atomic mass is 16.5. The fraction of sp³-hybridized carbons (Fsp3) is 0.300. The number of anilines is 1. The Hall–Kier alpha value is -3.02. The lowest BCUT2D eigenvalue weighted by atomic mass is 10.2. The number of carbonyl (C=O) groups excluding carboxylic acids is 1. The molecule has 6 heteroatoms. The molecule has 0 aliphatic rings. The Balaban J connectivity index is 1.70. The third kappa shape index (κ3) is 3.79. The maximum absolute atomic E-state index is 12.7. The van der Waals surface area contributed by atoms with Crippen LogP contribution >= 0.6 is 0 Å². The van der Waals surface area contributed by atoms with Crippen LogP contribution in [0.3, 0.4) is 0 Å². The van der Waals surface area contributed by atoms with E-state index in [1.807, 2.05) is 54.9 Å². The van der Waals surface area contributed by atoms with Crippen LogP contribution in [0.4, 0.5) is 5.69 Å². The average Bonchev–Trinajstić information content (AvgIpc) is 3.24. The van der Waals surface area contributed by atoms with E-state index in [0.29, 0.717) is 30.2 Å². The predicted octanol–water partition coefficient (Wildman–Crippen LogP) is 3.65. The molecule has 0 saturated heterocycles. The van der Waals surface area contributed by atoms with Crippen LogP contribution in [0.1, 0.15) is 28.7 Å².